The molecule has 1 aromatic heterocycles. The van der Waals surface area contributed by atoms with Gasteiger partial charge in [0.25, 0.3) is 0 Å². The molecule has 338 valence electrons. The lowest BCUT2D eigenvalue weighted by Crippen LogP contribution is -2.28. The Morgan fingerprint density at radius 3 is 1.54 bits per heavy atom. The third-order valence-corrected chi connectivity index (χ3v) is 15.8. The number of fused-ring (bicyclic) bond motifs is 8. The van der Waals surface area contributed by atoms with Crippen LogP contribution in [-0.2, 0) is 10.8 Å². The van der Waals surface area contributed by atoms with Crippen molar-refractivity contribution in [3.8, 4) is 78.4 Å². The molecule has 12 aromatic rings. The zero-order chi connectivity index (χ0) is 48.0. The number of rotatable bonds is 7. The molecule has 0 radical (unpaired) electrons. The average molecular weight is 917 g/mol. The fraction of sp³-hybridized carbons (Fsp3) is 0.0571. The molecule has 11 aromatic carbocycles. The monoisotopic (exact) mass is 916 g/mol. The molecule has 0 amide bonds. The molecule has 0 atom stereocenters. The van der Waals surface area contributed by atoms with Gasteiger partial charge < -0.3 is 0 Å². The third-order valence-electron chi connectivity index (χ3n) is 15.8. The topological polar surface area (TPSA) is 25.8 Å². The van der Waals surface area contributed by atoms with Crippen LogP contribution in [0.2, 0.25) is 0 Å². The Hall–Kier alpha value is -8.98. The Balaban J connectivity index is 0.890. The van der Waals surface area contributed by atoms with E-state index in [1.165, 1.54) is 94.0 Å². The largest absolute Gasteiger partial charge is 0.228 e. The highest BCUT2D eigenvalue weighted by atomic mass is 14.9. The van der Waals surface area contributed by atoms with Gasteiger partial charge in [-0.3, -0.25) is 0 Å². The lowest BCUT2D eigenvalue weighted by Gasteiger charge is -2.33. The summed E-state index contributed by atoms with van der Waals surface area (Å²) in [5.41, 5.74) is 22.0. The SMILES string of the molecule is CC1(C)c2ccc(-c3ccc(-c4ccc(-c5cc(-c6cccc7c6-c6ccccc6C7(c6ccccc6)c6ccccc6)nc(-c6ccccc6)n5)c5ccccc45)cc3)cc2-c2cc3ccccc3cc21. The van der Waals surface area contributed by atoms with Gasteiger partial charge in [-0.2, -0.15) is 0 Å². The van der Waals surface area contributed by atoms with E-state index in [-0.39, 0.29) is 5.41 Å². The predicted molar refractivity (Wildman–Crippen MR) is 299 cm³/mol. The molecule has 2 aliphatic rings. The zero-order valence-corrected chi connectivity index (χ0v) is 40.1. The maximum absolute atomic E-state index is 5.46. The van der Waals surface area contributed by atoms with E-state index in [4.69, 9.17) is 9.97 Å². The first-order valence-electron chi connectivity index (χ1n) is 25.1. The van der Waals surface area contributed by atoms with Crippen LogP contribution in [0.25, 0.3) is 100.0 Å². The van der Waals surface area contributed by atoms with Gasteiger partial charge in [-0.05, 0) is 124 Å². The van der Waals surface area contributed by atoms with Crippen molar-refractivity contribution in [2.45, 2.75) is 24.7 Å². The average Bonchev–Trinajstić information content (AvgIpc) is 3.87. The predicted octanol–water partition coefficient (Wildman–Crippen LogP) is 17.8. The Kier molecular flexibility index (Phi) is 9.50. The summed E-state index contributed by atoms with van der Waals surface area (Å²) in [6, 6.07) is 93.3. The van der Waals surface area contributed by atoms with Gasteiger partial charge in [-0.1, -0.05) is 244 Å². The van der Waals surface area contributed by atoms with E-state index < -0.39 is 5.41 Å². The molecule has 14 rings (SSSR count). The van der Waals surface area contributed by atoms with Crippen LogP contribution < -0.4 is 0 Å². The molecule has 0 aliphatic heterocycles. The lowest BCUT2D eigenvalue weighted by atomic mass is 9.67. The molecule has 2 aliphatic carbocycles. The van der Waals surface area contributed by atoms with Crippen molar-refractivity contribution in [1.82, 2.24) is 9.97 Å². The fourth-order valence-corrected chi connectivity index (χ4v) is 12.4. The highest BCUT2D eigenvalue weighted by Crippen LogP contribution is 2.58. The van der Waals surface area contributed by atoms with E-state index in [2.05, 4.69) is 263 Å². The van der Waals surface area contributed by atoms with Gasteiger partial charge >= 0.3 is 0 Å². The van der Waals surface area contributed by atoms with E-state index in [0.29, 0.717) is 5.82 Å². The normalized spacial score (nSPS) is 13.6. The Labute approximate surface area is 420 Å². The molecule has 0 N–H and O–H groups in total. The molecular weight excluding hydrogens is 869 g/mol. The van der Waals surface area contributed by atoms with E-state index in [1.807, 2.05) is 6.07 Å². The molecule has 1 heterocycles. The maximum atomic E-state index is 5.46. The quantitative estimate of drug-likeness (QED) is 0.159. The van der Waals surface area contributed by atoms with Crippen molar-refractivity contribution in [3.05, 3.63) is 288 Å². The summed E-state index contributed by atoms with van der Waals surface area (Å²) in [7, 11) is 0. The highest BCUT2D eigenvalue weighted by Gasteiger charge is 2.47. The zero-order valence-electron chi connectivity index (χ0n) is 40.1. The van der Waals surface area contributed by atoms with Crippen molar-refractivity contribution in [2.75, 3.05) is 0 Å². The fourth-order valence-electron chi connectivity index (χ4n) is 12.4. The van der Waals surface area contributed by atoms with Gasteiger partial charge in [0.15, 0.2) is 5.82 Å². The summed E-state index contributed by atoms with van der Waals surface area (Å²) >= 11 is 0. The number of aromatic nitrogens is 2. The standard InChI is InChI=1S/C70H48N2/c1-69(2)61-40-37-50(42-59(61)60-41-48-21-12-13-22-49(48)43-64(60)69)45-33-35-46(36-34-45)53-38-39-56(55-28-15-14-27-54(53)55)65-44-66(72-68(71-65)47-19-6-3-7-20-47)58-30-18-32-63-67(58)57-29-16-17-31-62(57)70(63,51-23-8-4-9-24-51)52-25-10-5-11-26-52/h3-44H,1-2H3. The highest BCUT2D eigenvalue weighted by molar-refractivity contribution is 6.05. The van der Waals surface area contributed by atoms with Gasteiger partial charge in [0, 0.05) is 22.1 Å². The van der Waals surface area contributed by atoms with Gasteiger partial charge in [0.05, 0.1) is 16.8 Å². The summed E-state index contributed by atoms with van der Waals surface area (Å²) in [6.07, 6.45) is 0. The van der Waals surface area contributed by atoms with Gasteiger partial charge in [0.2, 0.25) is 0 Å². The summed E-state index contributed by atoms with van der Waals surface area (Å²) in [6.45, 7) is 4.72. The minimum atomic E-state index is -0.521. The molecule has 2 heteroatoms. The smallest absolute Gasteiger partial charge is 0.160 e. The number of hydrogen-bond donors (Lipinski definition) is 0. The van der Waals surface area contributed by atoms with Crippen LogP contribution in [0.5, 0.6) is 0 Å². The first kappa shape index (κ1) is 41.9. The van der Waals surface area contributed by atoms with Crippen molar-refractivity contribution in [3.63, 3.8) is 0 Å². The maximum Gasteiger partial charge on any atom is 0.160 e. The summed E-state index contributed by atoms with van der Waals surface area (Å²) in [5, 5.41) is 4.90. The number of benzene rings is 11. The van der Waals surface area contributed by atoms with E-state index in [1.54, 1.807) is 0 Å². The molecule has 0 spiro atoms. The van der Waals surface area contributed by atoms with Crippen molar-refractivity contribution in [2.24, 2.45) is 0 Å². The Morgan fingerprint density at radius 1 is 0.292 bits per heavy atom. The Bertz CT molecular complexity index is 4060. The molecule has 0 fully saturated rings. The Morgan fingerprint density at radius 2 is 0.819 bits per heavy atom. The van der Waals surface area contributed by atoms with Crippen LogP contribution in [0.4, 0.5) is 0 Å². The minimum Gasteiger partial charge on any atom is -0.228 e. The minimum absolute atomic E-state index is 0.0628. The molecular formula is C70H48N2. The van der Waals surface area contributed by atoms with Crippen LogP contribution in [0.3, 0.4) is 0 Å². The third kappa shape index (κ3) is 6.35. The first-order chi connectivity index (χ1) is 35.4. The lowest BCUT2D eigenvalue weighted by molar-refractivity contribution is 0.661. The molecule has 2 nitrogen and oxygen atoms in total. The molecule has 72 heavy (non-hydrogen) atoms. The summed E-state index contributed by atoms with van der Waals surface area (Å²) in [5.74, 6) is 0.695. The first-order valence-corrected chi connectivity index (χ1v) is 25.1. The van der Waals surface area contributed by atoms with Crippen molar-refractivity contribution in [1.29, 1.82) is 0 Å². The molecule has 0 saturated carbocycles. The van der Waals surface area contributed by atoms with Crippen molar-refractivity contribution >= 4 is 21.5 Å². The molecule has 0 unspecified atom stereocenters. The molecule has 0 saturated heterocycles. The van der Waals surface area contributed by atoms with E-state index >= 15 is 0 Å². The number of hydrogen-bond acceptors (Lipinski definition) is 2. The van der Waals surface area contributed by atoms with Crippen LogP contribution in [0.15, 0.2) is 255 Å². The van der Waals surface area contributed by atoms with Crippen LogP contribution in [-0.4, -0.2) is 9.97 Å². The molecule has 0 bridgehead atoms. The van der Waals surface area contributed by atoms with Crippen LogP contribution in [0.1, 0.15) is 47.2 Å². The van der Waals surface area contributed by atoms with E-state index in [9.17, 15) is 0 Å². The van der Waals surface area contributed by atoms with Crippen molar-refractivity contribution < 1.29 is 0 Å². The van der Waals surface area contributed by atoms with Crippen LogP contribution in [0, 0.1) is 0 Å². The second kappa shape index (κ2) is 16.3. The summed E-state index contributed by atoms with van der Waals surface area (Å²) < 4.78 is 0. The van der Waals surface area contributed by atoms with Gasteiger partial charge in [-0.25, -0.2) is 9.97 Å². The summed E-state index contributed by atoms with van der Waals surface area (Å²) in [4.78, 5) is 10.9. The van der Waals surface area contributed by atoms with E-state index in [0.717, 1.165) is 33.5 Å². The second-order valence-electron chi connectivity index (χ2n) is 20.0. The number of nitrogens with zero attached hydrogens (tertiary/aromatic N) is 2. The van der Waals surface area contributed by atoms with Crippen LogP contribution >= 0.6 is 0 Å². The van der Waals surface area contributed by atoms with Gasteiger partial charge in [-0.15, -0.1) is 0 Å². The van der Waals surface area contributed by atoms with Gasteiger partial charge in [0.1, 0.15) is 0 Å². The second-order valence-corrected chi connectivity index (χ2v) is 20.0.